The van der Waals surface area contributed by atoms with Gasteiger partial charge in [-0.3, -0.25) is 4.79 Å². The lowest BCUT2D eigenvalue weighted by Gasteiger charge is -2.45. The fourth-order valence-electron chi connectivity index (χ4n) is 5.22. The summed E-state index contributed by atoms with van der Waals surface area (Å²) in [5, 5.41) is 4.56. The third-order valence-electron chi connectivity index (χ3n) is 6.40. The summed E-state index contributed by atoms with van der Waals surface area (Å²) < 4.78 is 0. The first-order valence-electron chi connectivity index (χ1n) is 9.65. The molecule has 3 aliphatic carbocycles. The standard InChI is InChI=1S/C19H29N3OS/c1-11-17(24-19(21-11)12-5-2-3-6-12)18(23)22-16-13-7-4-8-14(16)10-15(20)9-13/h12-16H,2-10,20H2,1H3,(H,22,23). The summed E-state index contributed by atoms with van der Waals surface area (Å²) in [6.45, 7) is 1.99. The molecule has 0 aliphatic heterocycles. The summed E-state index contributed by atoms with van der Waals surface area (Å²) in [5.74, 6) is 1.83. The van der Waals surface area contributed by atoms with Crippen LogP contribution in [0.15, 0.2) is 0 Å². The Bertz CT molecular complexity index is 594. The number of carbonyl (C=O) groups excluding carboxylic acids is 1. The van der Waals surface area contributed by atoms with Crippen LogP contribution in [0.5, 0.6) is 0 Å². The van der Waals surface area contributed by atoms with E-state index in [-0.39, 0.29) is 5.91 Å². The summed E-state index contributed by atoms with van der Waals surface area (Å²) in [5.41, 5.74) is 7.12. The first-order valence-corrected chi connectivity index (χ1v) is 10.5. The van der Waals surface area contributed by atoms with Crippen LogP contribution in [-0.2, 0) is 0 Å². The number of amides is 1. The summed E-state index contributed by atoms with van der Waals surface area (Å²) >= 11 is 1.63. The molecule has 0 aromatic carbocycles. The van der Waals surface area contributed by atoms with Gasteiger partial charge in [0.2, 0.25) is 0 Å². The lowest BCUT2D eigenvalue weighted by atomic mass is 9.67. The quantitative estimate of drug-likeness (QED) is 0.875. The van der Waals surface area contributed by atoms with E-state index < -0.39 is 0 Å². The van der Waals surface area contributed by atoms with Crippen LogP contribution in [0, 0.1) is 18.8 Å². The molecular weight excluding hydrogens is 318 g/mol. The third kappa shape index (κ3) is 3.13. The molecule has 3 fully saturated rings. The SMILES string of the molecule is Cc1nc(C2CCCC2)sc1C(=O)NC1C2CCCC1CC(N)C2. The van der Waals surface area contributed by atoms with Crippen molar-refractivity contribution in [1.29, 1.82) is 0 Å². The van der Waals surface area contributed by atoms with Crippen LogP contribution in [0.4, 0.5) is 0 Å². The maximum atomic E-state index is 12.9. The van der Waals surface area contributed by atoms with E-state index in [0.717, 1.165) is 23.4 Å². The highest BCUT2D eigenvalue weighted by Crippen LogP contribution is 2.40. The zero-order valence-electron chi connectivity index (χ0n) is 14.6. The molecule has 4 nitrogen and oxygen atoms in total. The average molecular weight is 348 g/mol. The fourth-order valence-corrected chi connectivity index (χ4v) is 6.36. The largest absolute Gasteiger partial charge is 0.348 e. The Labute approximate surface area is 148 Å². The maximum Gasteiger partial charge on any atom is 0.263 e. The Morgan fingerprint density at radius 1 is 1.12 bits per heavy atom. The number of hydrogen-bond acceptors (Lipinski definition) is 4. The number of aryl methyl sites for hydroxylation is 1. The van der Waals surface area contributed by atoms with Gasteiger partial charge in [-0.25, -0.2) is 4.98 Å². The molecule has 3 N–H and O–H groups in total. The van der Waals surface area contributed by atoms with Crippen LogP contribution in [0.2, 0.25) is 0 Å². The minimum absolute atomic E-state index is 0.103. The molecule has 4 rings (SSSR count). The number of aromatic nitrogens is 1. The first-order chi connectivity index (χ1) is 11.6. The molecule has 0 spiro atoms. The lowest BCUT2D eigenvalue weighted by Crippen LogP contribution is -2.53. The van der Waals surface area contributed by atoms with Gasteiger partial charge in [0, 0.05) is 18.0 Å². The molecule has 2 bridgehead atoms. The molecule has 1 amide bonds. The van der Waals surface area contributed by atoms with Crippen molar-refractivity contribution in [3.05, 3.63) is 15.6 Å². The normalized spacial score (nSPS) is 33.6. The molecule has 1 aromatic rings. The Kier molecular flexibility index (Phi) is 4.65. The first kappa shape index (κ1) is 16.5. The van der Waals surface area contributed by atoms with E-state index in [1.807, 2.05) is 6.92 Å². The van der Waals surface area contributed by atoms with Gasteiger partial charge in [0.1, 0.15) is 4.88 Å². The average Bonchev–Trinajstić information content (AvgIpc) is 3.17. The van der Waals surface area contributed by atoms with E-state index in [1.165, 1.54) is 50.0 Å². The van der Waals surface area contributed by atoms with E-state index >= 15 is 0 Å². The van der Waals surface area contributed by atoms with Crippen LogP contribution in [0.3, 0.4) is 0 Å². The Morgan fingerprint density at radius 2 is 1.79 bits per heavy atom. The van der Waals surface area contributed by atoms with Crippen molar-refractivity contribution in [1.82, 2.24) is 10.3 Å². The summed E-state index contributed by atoms with van der Waals surface area (Å²) in [6.07, 6.45) is 10.9. The number of nitrogens with two attached hydrogens (primary N) is 1. The van der Waals surface area contributed by atoms with Crippen molar-refractivity contribution in [2.75, 3.05) is 0 Å². The highest BCUT2D eigenvalue weighted by molar-refractivity contribution is 7.13. The van der Waals surface area contributed by atoms with Crippen LogP contribution in [0.1, 0.15) is 84.1 Å². The Hall–Kier alpha value is -0.940. The van der Waals surface area contributed by atoms with Crippen molar-refractivity contribution in [2.45, 2.75) is 82.7 Å². The number of carbonyl (C=O) groups is 1. The minimum Gasteiger partial charge on any atom is -0.348 e. The van der Waals surface area contributed by atoms with Crippen LogP contribution < -0.4 is 11.1 Å². The van der Waals surface area contributed by atoms with Gasteiger partial charge in [0.25, 0.3) is 5.91 Å². The molecule has 2 atom stereocenters. The molecule has 5 heteroatoms. The monoisotopic (exact) mass is 347 g/mol. The zero-order valence-corrected chi connectivity index (χ0v) is 15.4. The van der Waals surface area contributed by atoms with Crippen LogP contribution in [0.25, 0.3) is 0 Å². The molecule has 3 saturated carbocycles. The molecule has 24 heavy (non-hydrogen) atoms. The molecule has 1 heterocycles. The van der Waals surface area contributed by atoms with Crippen molar-refractivity contribution in [3.8, 4) is 0 Å². The number of hydrogen-bond donors (Lipinski definition) is 2. The highest BCUT2D eigenvalue weighted by atomic mass is 32.1. The predicted molar refractivity (Wildman–Crippen MR) is 97.4 cm³/mol. The number of nitrogens with zero attached hydrogens (tertiary/aromatic N) is 1. The van der Waals surface area contributed by atoms with Gasteiger partial charge >= 0.3 is 0 Å². The van der Waals surface area contributed by atoms with Gasteiger partial charge in [0.15, 0.2) is 0 Å². The molecular formula is C19H29N3OS. The molecule has 3 aliphatic rings. The molecule has 132 valence electrons. The topological polar surface area (TPSA) is 68.0 Å². The van der Waals surface area contributed by atoms with E-state index in [1.54, 1.807) is 11.3 Å². The molecule has 2 unspecified atom stereocenters. The molecule has 0 radical (unpaired) electrons. The van der Waals surface area contributed by atoms with E-state index in [0.29, 0.717) is 29.8 Å². The van der Waals surface area contributed by atoms with Gasteiger partial charge in [-0.05, 0) is 57.3 Å². The highest BCUT2D eigenvalue weighted by Gasteiger charge is 2.40. The summed E-state index contributed by atoms with van der Waals surface area (Å²) in [4.78, 5) is 18.5. The Balaban J connectivity index is 1.48. The minimum atomic E-state index is 0.103. The summed E-state index contributed by atoms with van der Waals surface area (Å²) in [6, 6.07) is 0.648. The third-order valence-corrected chi connectivity index (χ3v) is 7.72. The van der Waals surface area contributed by atoms with Gasteiger partial charge in [-0.15, -0.1) is 11.3 Å². The van der Waals surface area contributed by atoms with Crippen LogP contribution in [-0.4, -0.2) is 23.0 Å². The van der Waals surface area contributed by atoms with E-state index in [2.05, 4.69) is 5.32 Å². The fraction of sp³-hybridized carbons (Fsp3) is 0.789. The zero-order chi connectivity index (χ0) is 16.7. The van der Waals surface area contributed by atoms with Gasteiger partial charge in [-0.2, -0.15) is 0 Å². The molecule has 1 aromatic heterocycles. The van der Waals surface area contributed by atoms with Gasteiger partial charge < -0.3 is 11.1 Å². The van der Waals surface area contributed by atoms with Gasteiger partial charge in [0.05, 0.1) is 10.7 Å². The lowest BCUT2D eigenvalue weighted by molar-refractivity contribution is 0.0759. The van der Waals surface area contributed by atoms with Crippen molar-refractivity contribution < 1.29 is 4.79 Å². The Morgan fingerprint density at radius 3 is 2.46 bits per heavy atom. The number of nitrogens with one attached hydrogen (secondary N) is 1. The van der Waals surface area contributed by atoms with Gasteiger partial charge in [-0.1, -0.05) is 19.3 Å². The van der Waals surface area contributed by atoms with Crippen molar-refractivity contribution in [3.63, 3.8) is 0 Å². The second kappa shape index (κ2) is 6.75. The number of thiazole rings is 1. The number of rotatable bonds is 3. The second-order valence-corrected chi connectivity index (χ2v) is 9.16. The van der Waals surface area contributed by atoms with Crippen molar-refractivity contribution >= 4 is 17.2 Å². The summed E-state index contributed by atoms with van der Waals surface area (Å²) in [7, 11) is 0. The van der Waals surface area contributed by atoms with Crippen molar-refractivity contribution in [2.24, 2.45) is 17.6 Å². The maximum absolute atomic E-state index is 12.9. The number of fused-ring (bicyclic) bond motifs is 2. The van der Waals surface area contributed by atoms with E-state index in [9.17, 15) is 4.79 Å². The van der Waals surface area contributed by atoms with E-state index in [4.69, 9.17) is 10.7 Å². The predicted octanol–water partition coefficient (Wildman–Crippen LogP) is 3.74. The smallest absolute Gasteiger partial charge is 0.263 e. The molecule has 0 saturated heterocycles. The van der Waals surface area contributed by atoms with Crippen LogP contribution >= 0.6 is 11.3 Å². The second-order valence-electron chi connectivity index (χ2n) is 8.13.